The van der Waals surface area contributed by atoms with Crippen LogP contribution < -0.4 is 0 Å². The Bertz CT molecular complexity index is 1290. The average molecular weight is 1030 g/mol. The van der Waals surface area contributed by atoms with Gasteiger partial charge in [-0.15, -0.1) is 0 Å². The Hall–Kier alpha value is -2.49. The zero-order chi connectivity index (χ0) is 53.4. The van der Waals surface area contributed by atoms with Crippen LogP contribution in [0.2, 0.25) is 0 Å². The van der Waals surface area contributed by atoms with Gasteiger partial charge in [0.05, 0.1) is 34.4 Å². The molecule has 73 heavy (non-hydrogen) atoms. The molecule has 428 valence electrons. The first-order valence-electron chi connectivity index (χ1n) is 31.2. The number of rotatable bonds is 58. The summed E-state index contributed by atoms with van der Waals surface area (Å²) in [5.74, 6) is -2.00. The number of allylic oxidation sites excluding steroid dienone is 6. The number of unbranched alkanes of at least 4 members (excludes halogenated alkanes) is 37. The minimum atomic E-state index is -1.51. The van der Waals surface area contributed by atoms with E-state index in [1.807, 2.05) is 21.1 Å². The van der Waals surface area contributed by atoms with E-state index in [0.717, 1.165) is 57.8 Å². The number of carboxylic acids is 1. The van der Waals surface area contributed by atoms with Gasteiger partial charge in [0, 0.05) is 12.8 Å². The summed E-state index contributed by atoms with van der Waals surface area (Å²) >= 11 is 0. The van der Waals surface area contributed by atoms with Crippen LogP contribution in [0.15, 0.2) is 36.5 Å². The van der Waals surface area contributed by atoms with Crippen LogP contribution in [-0.2, 0) is 33.3 Å². The highest BCUT2D eigenvalue weighted by Gasteiger charge is 2.25. The molecular formula is C64H120NO8+. The third kappa shape index (κ3) is 57.1. The zero-order valence-corrected chi connectivity index (χ0v) is 48.8. The molecule has 0 spiro atoms. The van der Waals surface area contributed by atoms with E-state index in [1.165, 1.54) is 212 Å². The van der Waals surface area contributed by atoms with Gasteiger partial charge in [-0.3, -0.25) is 9.59 Å². The Labute approximate surface area is 451 Å². The molecule has 2 unspecified atom stereocenters. The van der Waals surface area contributed by atoms with Crippen LogP contribution >= 0.6 is 0 Å². The lowest BCUT2D eigenvalue weighted by Gasteiger charge is -2.25. The molecule has 0 aromatic carbocycles. The van der Waals surface area contributed by atoms with Crippen molar-refractivity contribution in [1.29, 1.82) is 0 Å². The first-order chi connectivity index (χ1) is 35.6. The molecule has 0 radical (unpaired) electrons. The summed E-state index contributed by atoms with van der Waals surface area (Å²) in [6, 6.07) is 0. The summed E-state index contributed by atoms with van der Waals surface area (Å²) in [7, 11) is 5.97. The molecule has 0 aromatic rings. The van der Waals surface area contributed by atoms with Crippen molar-refractivity contribution in [3.8, 4) is 0 Å². The average Bonchev–Trinajstić information content (AvgIpc) is 3.36. The number of carbonyl (C=O) groups excluding carboxylic acids is 2. The van der Waals surface area contributed by atoms with Crippen LogP contribution in [0.5, 0.6) is 0 Å². The second-order valence-corrected chi connectivity index (χ2v) is 22.4. The molecule has 1 N–H and O–H groups in total. The van der Waals surface area contributed by atoms with Crippen LogP contribution in [0.25, 0.3) is 0 Å². The van der Waals surface area contributed by atoms with Crippen molar-refractivity contribution in [3.63, 3.8) is 0 Å². The first-order valence-corrected chi connectivity index (χ1v) is 31.2. The lowest BCUT2D eigenvalue weighted by atomic mass is 10.0. The van der Waals surface area contributed by atoms with Gasteiger partial charge in [-0.1, -0.05) is 249 Å². The van der Waals surface area contributed by atoms with Gasteiger partial charge in [0.15, 0.2) is 6.10 Å². The Morgan fingerprint density at radius 1 is 0.411 bits per heavy atom. The third-order valence-corrected chi connectivity index (χ3v) is 13.9. The Morgan fingerprint density at radius 3 is 1.10 bits per heavy atom. The monoisotopic (exact) mass is 1030 g/mol. The molecule has 0 rings (SSSR count). The number of hydrogen-bond acceptors (Lipinski definition) is 7. The van der Waals surface area contributed by atoms with Gasteiger partial charge in [-0.05, 0) is 70.6 Å². The SMILES string of the molecule is CCCCCCC/C=C\C/C=C\CCCCCCCCCCCCCCCCCCCCCCCC(=O)OC(COC(=O)CCCCCCC/C=C\CCCCCCCC)COC(OCC[N+](C)(C)C)C(=O)O. The maximum atomic E-state index is 12.9. The van der Waals surface area contributed by atoms with E-state index in [-0.39, 0.29) is 32.2 Å². The maximum Gasteiger partial charge on any atom is 0.361 e. The Balaban J connectivity index is 4.06. The van der Waals surface area contributed by atoms with Crippen molar-refractivity contribution >= 4 is 17.9 Å². The molecule has 0 aliphatic carbocycles. The highest BCUT2D eigenvalue weighted by atomic mass is 16.7. The normalized spacial score (nSPS) is 12.9. The Kier molecular flexibility index (Phi) is 53.8. The topological polar surface area (TPSA) is 108 Å². The summed E-state index contributed by atoms with van der Waals surface area (Å²) in [4.78, 5) is 37.4. The van der Waals surface area contributed by atoms with Crippen LogP contribution in [-0.4, -0.2) is 87.4 Å². The van der Waals surface area contributed by atoms with Gasteiger partial charge in [0.25, 0.3) is 6.29 Å². The highest BCUT2D eigenvalue weighted by molar-refractivity contribution is 5.71. The molecule has 0 aromatic heterocycles. The maximum absolute atomic E-state index is 12.9. The molecule has 0 aliphatic heterocycles. The van der Waals surface area contributed by atoms with E-state index < -0.39 is 24.3 Å². The van der Waals surface area contributed by atoms with Crippen molar-refractivity contribution in [1.82, 2.24) is 0 Å². The van der Waals surface area contributed by atoms with Gasteiger partial charge in [-0.25, -0.2) is 4.79 Å². The number of carboxylic acid groups (broad SMARTS) is 1. The van der Waals surface area contributed by atoms with Crippen molar-refractivity contribution < 1.29 is 42.9 Å². The summed E-state index contributed by atoms with van der Waals surface area (Å²) < 4.78 is 22.9. The van der Waals surface area contributed by atoms with Gasteiger partial charge in [0.1, 0.15) is 13.2 Å². The lowest BCUT2D eigenvalue weighted by Crippen LogP contribution is -2.40. The lowest BCUT2D eigenvalue weighted by molar-refractivity contribution is -0.870. The van der Waals surface area contributed by atoms with Crippen molar-refractivity contribution in [2.75, 3.05) is 47.5 Å². The fourth-order valence-corrected chi connectivity index (χ4v) is 9.04. The molecule has 0 aliphatic rings. The fraction of sp³-hybridized carbons (Fsp3) is 0.859. The van der Waals surface area contributed by atoms with Crippen molar-refractivity contribution in [3.05, 3.63) is 36.5 Å². The van der Waals surface area contributed by atoms with Crippen LogP contribution in [0.1, 0.15) is 296 Å². The van der Waals surface area contributed by atoms with Gasteiger partial charge in [0.2, 0.25) is 0 Å². The number of hydrogen-bond donors (Lipinski definition) is 1. The van der Waals surface area contributed by atoms with Crippen LogP contribution in [0, 0.1) is 0 Å². The molecule has 2 atom stereocenters. The number of aliphatic carboxylic acids is 1. The van der Waals surface area contributed by atoms with E-state index in [1.54, 1.807) is 0 Å². The predicted octanol–water partition coefficient (Wildman–Crippen LogP) is 18.5. The summed E-state index contributed by atoms with van der Waals surface area (Å²) in [6.07, 6.45) is 65.3. The quantitative estimate of drug-likeness (QED) is 0.0211. The van der Waals surface area contributed by atoms with Gasteiger partial charge >= 0.3 is 17.9 Å². The number of esters is 2. The highest BCUT2D eigenvalue weighted by Crippen LogP contribution is 2.17. The number of carbonyl (C=O) groups is 3. The summed E-state index contributed by atoms with van der Waals surface area (Å²) in [6.45, 7) is 4.89. The molecule has 0 bridgehead atoms. The first kappa shape index (κ1) is 70.5. The van der Waals surface area contributed by atoms with E-state index in [0.29, 0.717) is 17.4 Å². The van der Waals surface area contributed by atoms with E-state index in [9.17, 15) is 19.5 Å². The zero-order valence-electron chi connectivity index (χ0n) is 48.8. The predicted molar refractivity (Wildman–Crippen MR) is 309 cm³/mol. The van der Waals surface area contributed by atoms with Crippen molar-refractivity contribution in [2.45, 2.75) is 309 Å². The number of quaternary nitrogens is 1. The second-order valence-electron chi connectivity index (χ2n) is 22.4. The molecule has 9 nitrogen and oxygen atoms in total. The van der Waals surface area contributed by atoms with Gasteiger partial charge < -0.3 is 28.5 Å². The molecule has 0 saturated carbocycles. The fourth-order valence-electron chi connectivity index (χ4n) is 9.04. The minimum Gasteiger partial charge on any atom is -0.477 e. The number of nitrogens with zero attached hydrogens (tertiary/aromatic N) is 1. The second kappa shape index (κ2) is 55.7. The van der Waals surface area contributed by atoms with E-state index >= 15 is 0 Å². The molecule has 9 heteroatoms. The standard InChI is InChI=1S/C64H119NO8/c1-6-8-10-12-14-16-18-20-22-23-24-25-26-27-28-29-30-31-32-33-34-35-36-37-38-39-41-43-45-47-49-51-53-55-62(67)73-60(59-72-64(63(68)69)70-57-56-65(3,4)5)58-71-61(66)54-52-50-48-46-44-42-40-21-19-17-15-13-11-9-7-2/h18,20-21,23-24,40,60,64H,6-17,19,22,25-39,41-59H2,1-5H3/p+1/b20-18-,24-23-,40-21-. The summed E-state index contributed by atoms with van der Waals surface area (Å²) in [5.41, 5.74) is 0. The van der Waals surface area contributed by atoms with Crippen LogP contribution in [0.3, 0.4) is 0 Å². The molecule has 0 saturated heterocycles. The Morgan fingerprint density at radius 2 is 0.740 bits per heavy atom. The van der Waals surface area contributed by atoms with E-state index in [2.05, 4.69) is 50.3 Å². The summed E-state index contributed by atoms with van der Waals surface area (Å²) in [5, 5.41) is 9.70. The van der Waals surface area contributed by atoms with Crippen molar-refractivity contribution in [2.24, 2.45) is 0 Å². The number of ether oxygens (including phenoxy) is 4. The van der Waals surface area contributed by atoms with E-state index in [4.69, 9.17) is 18.9 Å². The van der Waals surface area contributed by atoms with Gasteiger partial charge in [-0.2, -0.15) is 0 Å². The molecular weight excluding hydrogens is 911 g/mol. The minimum absolute atomic E-state index is 0.182. The molecule has 0 heterocycles. The molecule has 0 fully saturated rings. The number of likely N-dealkylation sites (N-methyl/N-ethyl adjacent to an activating group) is 1. The smallest absolute Gasteiger partial charge is 0.361 e. The molecule has 0 amide bonds. The third-order valence-electron chi connectivity index (χ3n) is 13.9. The van der Waals surface area contributed by atoms with Crippen LogP contribution in [0.4, 0.5) is 0 Å². The largest absolute Gasteiger partial charge is 0.477 e.